The molecule has 1 aromatic rings. The predicted octanol–water partition coefficient (Wildman–Crippen LogP) is 1.45. The third-order valence-electron chi connectivity index (χ3n) is 2.44. The number of nitrogens with one attached hydrogen (secondary N) is 1. The highest BCUT2D eigenvalue weighted by atomic mass is 16.5. The van der Waals surface area contributed by atoms with E-state index in [1.54, 1.807) is 13.8 Å². The molecule has 0 aliphatic heterocycles. The molecule has 4 heteroatoms. The quantitative estimate of drug-likeness (QED) is 0.803. The average molecular weight is 250 g/mol. The number of carbonyl (C=O) groups is 1. The number of hydrogen-bond acceptors (Lipinski definition) is 3. The summed E-state index contributed by atoms with van der Waals surface area (Å²) in [7, 11) is 0. The van der Waals surface area contributed by atoms with Crippen LogP contribution in [0.3, 0.4) is 0 Å². The fourth-order valence-electron chi connectivity index (χ4n) is 1.38. The molecule has 1 rings (SSSR count). The normalized spacial score (nSPS) is 13.1. The molecular formula is C14H22N2O2. The molecule has 0 aliphatic rings. The number of benzene rings is 1. The molecule has 1 atom stereocenters. The second-order valence-corrected chi connectivity index (χ2v) is 5.10. The zero-order valence-electron chi connectivity index (χ0n) is 11.3. The van der Waals surface area contributed by atoms with Crippen LogP contribution in [-0.2, 0) is 16.1 Å². The molecule has 0 bridgehead atoms. The van der Waals surface area contributed by atoms with E-state index < -0.39 is 5.54 Å². The van der Waals surface area contributed by atoms with Gasteiger partial charge in [-0.05, 0) is 26.3 Å². The van der Waals surface area contributed by atoms with E-state index >= 15 is 0 Å². The first-order chi connectivity index (χ1) is 8.39. The Labute approximate surface area is 109 Å². The van der Waals surface area contributed by atoms with Crippen molar-refractivity contribution in [2.75, 3.05) is 6.61 Å². The van der Waals surface area contributed by atoms with E-state index in [2.05, 4.69) is 5.32 Å². The van der Waals surface area contributed by atoms with Gasteiger partial charge >= 0.3 is 0 Å². The highest BCUT2D eigenvalue weighted by Gasteiger charge is 2.22. The second-order valence-electron chi connectivity index (χ2n) is 5.10. The lowest BCUT2D eigenvalue weighted by molar-refractivity contribution is -0.126. The SMILES string of the molecule is CC(COCc1ccccc1)NC(=O)C(C)(C)N. The molecular weight excluding hydrogens is 228 g/mol. The predicted molar refractivity (Wildman–Crippen MR) is 72.0 cm³/mol. The van der Waals surface area contributed by atoms with Gasteiger partial charge in [0.25, 0.3) is 0 Å². The molecule has 100 valence electrons. The van der Waals surface area contributed by atoms with E-state index in [4.69, 9.17) is 10.5 Å². The van der Waals surface area contributed by atoms with Gasteiger partial charge in [0, 0.05) is 6.04 Å². The minimum absolute atomic E-state index is 0.0518. The minimum Gasteiger partial charge on any atom is -0.375 e. The van der Waals surface area contributed by atoms with Crippen LogP contribution in [0.5, 0.6) is 0 Å². The zero-order valence-corrected chi connectivity index (χ0v) is 11.3. The van der Waals surface area contributed by atoms with Gasteiger partial charge in [-0.2, -0.15) is 0 Å². The molecule has 0 aromatic heterocycles. The van der Waals surface area contributed by atoms with Crippen LogP contribution in [0.4, 0.5) is 0 Å². The monoisotopic (exact) mass is 250 g/mol. The smallest absolute Gasteiger partial charge is 0.239 e. The Morgan fingerprint density at radius 2 is 2.00 bits per heavy atom. The Hall–Kier alpha value is -1.39. The fourth-order valence-corrected chi connectivity index (χ4v) is 1.38. The second kappa shape index (κ2) is 6.52. The van der Waals surface area contributed by atoms with Gasteiger partial charge in [-0.3, -0.25) is 4.79 Å². The van der Waals surface area contributed by atoms with Crippen LogP contribution in [-0.4, -0.2) is 24.1 Å². The van der Waals surface area contributed by atoms with Crippen LogP contribution in [0.2, 0.25) is 0 Å². The molecule has 0 saturated heterocycles. The van der Waals surface area contributed by atoms with Gasteiger partial charge in [-0.15, -0.1) is 0 Å². The fraction of sp³-hybridized carbons (Fsp3) is 0.500. The Bertz CT molecular complexity index is 371. The van der Waals surface area contributed by atoms with E-state index in [0.717, 1.165) is 5.56 Å². The largest absolute Gasteiger partial charge is 0.375 e. The number of hydrogen-bond donors (Lipinski definition) is 2. The number of amides is 1. The van der Waals surface area contributed by atoms with Crippen LogP contribution in [0.25, 0.3) is 0 Å². The molecule has 0 spiro atoms. The number of nitrogens with two attached hydrogens (primary N) is 1. The minimum atomic E-state index is -0.853. The lowest BCUT2D eigenvalue weighted by Gasteiger charge is -2.21. The third kappa shape index (κ3) is 5.29. The van der Waals surface area contributed by atoms with Crippen molar-refractivity contribution in [3.63, 3.8) is 0 Å². The molecule has 4 nitrogen and oxygen atoms in total. The summed E-state index contributed by atoms with van der Waals surface area (Å²) in [6.45, 7) is 6.28. The summed E-state index contributed by atoms with van der Waals surface area (Å²) in [6, 6.07) is 9.87. The Kier molecular flexibility index (Phi) is 5.31. The van der Waals surface area contributed by atoms with Crippen molar-refractivity contribution in [3.8, 4) is 0 Å². The molecule has 0 radical (unpaired) electrons. The number of rotatable bonds is 6. The summed E-state index contributed by atoms with van der Waals surface area (Å²) < 4.78 is 5.54. The first-order valence-electron chi connectivity index (χ1n) is 6.11. The Morgan fingerprint density at radius 3 is 2.56 bits per heavy atom. The van der Waals surface area contributed by atoms with Gasteiger partial charge < -0.3 is 15.8 Å². The molecule has 0 aliphatic carbocycles. The summed E-state index contributed by atoms with van der Waals surface area (Å²) >= 11 is 0. The van der Waals surface area contributed by atoms with E-state index in [9.17, 15) is 4.79 Å². The molecule has 3 N–H and O–H groups in total. The summed E-state index contributed by atoms with van der Waals surface area (Å²) in [5.41, 5.74) is 5.96. The van der Waals surface area contributed by atoms with E-state index in [-0.39, 0.29) is 11.9 Å². The van der Waals surface area contributed by atoms with Crippen molar-refractivity contribution < 1.29 is 9.53 Å². The van der Waals surface area contributed by atoms with Crippen LogP contribution in [0.1, 0.15) is 26.3 Å². The van der Waals surface area contributed by atoms with Crippen LogP contribution in [0.15, 0.2) is 30.3 Å². The standard InChI is InChI=1S/C14H22N2O2/c1-11(16-13(17)14(2,3)15)9-18-10-12-7-5-4-6-8-12/h4-8,11H,9-10,15H2,1-3H3,(H,16,17). The topological polar surface area (TPSA) is 64.3 Å². The first-order valence-corrected chi connectivity index (χ1v) is 6.11. The molecule has 18 heavy (non-hydrogen) atoms. The van der Waals surface area contributed by atoms with Gasteiger partial charge in [0.1, 0.15) is 0 Å². The van der Waals surface area contributed by atoms with Gasteiger partial charge in [-0.1, -0.05) is 30.3 Å². The number of carbonyl (C=O) groups excluding carboxylic acids is 1. The van der Waals surface area contributed by atoms with Crippen LogP contribution >= 0.6 is 0 Å². The summed E-state index contributed by atoms with van der Waals surface area (Å²) in [5, 5.41) is 2.82. The van der Waals surface area contributed by atoms with Gasteiger partial charge in [0.2, 0.25) is 5.91 Å². The Balaban J connectivity index is 2.26. The first kappa shape index (κ1) is 14.7. The molecule has 1 aromatic carbocycles. The van der Waals surface area contributed by atoms with Gasteiger partial charge in [-0.25, -0.2) is 0 Å². The molecule has 0 fully saturated rings. The van der Waals surface area contributed by atoms with Crippen molar-refractivity contribution in [2.45, 2.75) is 39.0 Å². The summed E-state index contributed by atoms with van der Waals surface area (Å²) in [4.78, 5) is 11.6. The van der Waals surface area contributed by atoms with E-state index in [1.807, 2.05) is 37.3 Å². The highest BCUT2D eigenvalue weighted by Crippen LogP contribution is 2.02. The third-order valence-corrected chi connectivity index (χ3v) is 2.44. The van der Waals surface area contributed by atoms with Crippen molar-refractivity contribution in [3.05, 3.63) is 35.9 Å². The average Bonchev–Trinajstić information content (AvgIpc) is 2.29. The van der Waals surface area contributed by atoms with Crippen molar-refractivity contribution in [2.24, 2.45) is 5.73 Å². The van der Waals surface area contributed by atoms with Crippen molar-refractivity contribution in [1.29, 1.82) is 0 Å². The van der Waals surface area contributed by atoms with E-state index in [1.165, 1.54) is 0 Å². The lowest BCUT2D eigenvalue weighted by Crippen LogP contribution is -2.52. The maximum Gasteiger partial charge on any atom is 0.239 e. The van der Waals surface area contributed by atoms with Crippen LogP contribution in [0, 0.1) is 0 Å². The maximum atomic E-state index is 11.6. The van der Waals surface area contributed by atoms with Crippen molar-refractivity contribution in [1.82, 2.24) is 5.32 Å². The van der Waals surface area contributed by atoms with Gasteiger partial charge in [0.15, 0.2) is 0 Å². The van der Waals surface area contributed by atoms with Gasteiger partial charge in [0.05, 0.1) is 18.8 Å². The van der Waals surface area contributed by atoms with E-state index in [0.29, 0.717) is 13.2 Å². The summed E-state index contributed by atoms with van der Waals surface area (Å²) in [6.07, 6.45) is 0. The Morgan fingerprint density at radius 1 is 1.39 bits per heavy atom. The maximum absolute atomic E-state index is 11.6. The van der Waals surface area contributed by atoms with Crippen molar-refractivity contribution >= 4 is 5.91 Å². The molecule has 1 amide bonds. The molecule has 1 unspecified atom stereocenters. The number of ether oxygens (including phenoxy) is 1. The lowest BCUT2D eigenvalue weighted by atomic mass is 10.1. The zero-order chi connectivity index (χ0) is 13.6. The highest BCUT2D eigenvalue weighted by molar-refractivity contribution is 5.85. The summed E-state index contributed by atoms with van der Waals surface area (Å²) in [5.74, 6) is -0.168. The van der Waals surface area contributed by atoms with Crippen LogP contribution < -0.4 is 11.1 Å². The molecule has 0 saturated carbocycles. The molecule has 0 heterocycles.